The standard InChI is InChI=1S/C20H39N/c1-8-21(9-2)17-15-13-11-10-12-14-16-20(6,7)18-19(3,4)5/h12-15H,8-11,16-18H2,1-7H3/b14-12+,15-13+. The van der Waals surface area contributed by atoms with Gasteiger partial charge in [-0.25, -0.2) is 0 Å². The Bertz CT molecular complexity index is 300. The zero-order valence-electron chi connectivity index (χ0n) is 15.7. The Labute approximate surface area is 134 Å². The highest BCUT2D eigenvalue weighted by Crippen LogP contribution is 2.35. The third-order valence-electron chi connectivity index (χ3n) is 3.77. The first-order chi connectivity index (χ1) is 9.70. The molecular formula is C20H39N. The fourth-order valence-corrected chi connectivity index (χ4v) is 3.04. The Balaban J connectivity index is 3.85. The lowest BCUT2D eigenvalue weighted by Crippen LogP contribution is -2.22. The van der Waals surface area contributed by atoms with E-state index in [9.17, 15) is 0 Å². The summed E-state index contributed by atoms with van der Waals surface area (Å²) >= 11 is 0. The molecule has 0 radical (unpaired) electrons. The minimum Gasteiger partial charge on any atom is -0.300 e. The van der Waals surface area contributed by atoms with Crippen molar-refractivity contribution in [1.82, 2.24) is 4.90 Å². The SMILES string of the molecule is CCN(CC)C/C=C/CC/C=C/CC(C)(C)CC(C)(C)C. The number of allylic oxidation sites excluding steroid dienone is 3. The summed E-state index contributed by atoms with van der Waals surface area (Å²) in [4.78, 5) is 2.43. The van der Waals surface area contributed by atoms with Gasteiger partial charge in [-0.1, -0.05) is 72.8 Å². The summed E-state index contributed by atoms with van der Waals surface area (Å²) in [6.07, 6.45) is 14.2. The third-order valence-corrected chi connectivity index (χ3v) is 3.77. The smallest absolute Gasteiger partial charge is 0.0162 e. The van der Waals surface area contributed by atoms with Crippen LogP contribution in [-0.2, 0) is 0 Å². The molecule has 0 aromatic carbocycles. The van der Waals surface area contributed by atoms with Gasteiger partial charge in [-0.3, -0.25) is 0 Å². The molecule has 1 heteroatoms. The number of nitrogens with zero attached hydrogens (tertiary/aromatic N) is 1. The topological polar surface area (TPSA) is 3.24 Å². The Morgan fingerprint density at radius 2 is 1.29 bits per heavy atom. The van der Waals surface area contributed by atoms with Gasteiger partial charge in [0, 0.05) is 6.54 Å². The molecule has 0 aliphatic heterocycles. The first-order valence-corrected chi connectivity index (χ1v) is 8.72. The molecule has 0 atom stereocenters. The summed E-state index contributed by atoms with van der Waals surface area (Å²) in [6, 6.07) is 0. The lowest BCUT2D eigenvalue weighted by molar-refractivity contribution is 0.215. The van der Waals surface area contributed by atoms with E-state index in [1.54, 1.807) is 0 Å². The van der Waals surface area contributed by atoms with E-state index in [1.807, 2.05) is 0 Å². The van der Waals surface area contributed by atoms with Gasteiger partial charge < -0.3 is 4.90 Å². The summed E-state index contributed by atoms with van der Waals surface area (Å²) in [5, 5.41) is 0. The minimum atomic E-state index is 0.410. The fraction of sp³-hybridized carbons (Fsp3) is 0.800. The lowest BCUT2D eigenvalue weighted by Gasteiger charge is -2.31. The van der Waals surface area contributed by atoms with Gasteiger partial charge in [-0.15, -0.1) is 0 Å². The van der Waals surface area contributed by atoms with Crippen LogP contribution in [0.4, 0.5) is 0 Å². The highest BCUT2D eigenvalue weighted by atomic mass is 15.1. The number of hydrogen-bond donors (Lipinski definition) is 0. The Hall–Kier alpha value is -0.560. The van der Waals surface area contributed by atoms with E-state index in [2.05, 4.69) is 77.7 Å². The fourth-order valence-electron chi connectivity index (χ4n) is 3.04. The minimum absolute atomic E-state index is 0.410. The second kappa shape index (κ2) is 10.2. The average molecular weight is 294 g/mol. The van der Waals surface area contributed by atoms with Gasteiger partial charge in [0.2, 0.25) is 0 Å². The largest absolute Gasteiger partial charge is 0.300 e. The summed E-state index contributed by atoms with van der Waals surface area (Å²) in [7, 11) is 0. The van der Waals surface area contributed by atoms with Crippen molar-refractivity contribution in [2.75, 3.05) is 19.6 Å². The molecule has 0 unspecified atom stereocenters. The second-order valence-corrected chi connectivity index (χ2v) is 8.11. The van der Waals surface area contributed by atoms with Crippen LogP contribution in [0.1, 0.15) is 74.1 Å². The summed E-state index contributed by atoms with van der Waals surface area (Å²) in [5.74, 6) is 0. The van der Waals surface area contributed by atoms with Crippen LogP contribution in [-0.4, -0.2) is 24.5 Å². The van der Waals surface area contributed by atoms with Gasteiger partial charge in [-0.2, -0.15) is 0 Å². The molecule has 0 fully saturated rings. The molecular weight excluding hydrogens is 254 g/mol. The van der Waals surface area contributed by atoms with Crippen molar-refractivity contribution >= 4 is 0 Å². The first kappa shape index (κ1) is 20.4. The van der Waals surface area contributed by atoms with Crippen molar-refractivity contribution < 1.29 is 0 Å². The van der Waals surface area contributed by atoms with Gasteiger partial charge in [-0.05, 0) is 49.6 Å². The maximum Gasteiger partial charge on any atom is 0.0162 e. The second-order valence-electron chi connectivity index (χ2n) is 8.11. The number of likely N-dealkylation sites (N-methyl/N-ethyl adjacent to an activating group) is 1. The highest BCUT2D eigenvalue weighted by Gasteiger charge is 2.23. The van der Waals surface area contributed by atoms with Crippen molar-refractivity contribution in [2.45, 2.75) is 74.1 Å². The van der Waals surface area contributed by atoms with Crippen LogP contribution in [0.15, 0.2) is 24.3 Å². The predicted molar refractivity (Wildman–Crippen MR) is 97.8 cm³/mol. The molecule has 0 bridgehead atoms. The molecule has 0 saturated carbocycles. The Kier molecular flexibility index (Phi) is 9.94. The molecule has 0 aromatic heterocycles. The van der Waals surface area contributed by atoms with E-state index in [0.29, 0.717) is 10.8 Å². The van der Waals surface area contributed by atoms with E-state index in [0.717, 1.165) is 26.1 Å². The van der Waals surface area contributed by atoms with Crippen LogP contribution < -0.4 is 0 Å². The van der Waals surface area contributed by atoms with Crippen LogP contribution in [0, 0.1) is 10.8 Å². The Morgan fingerprint density at radius 1 is 0.762 bits per heavy atom. The summed E-state index contributed by atoms with van der Waals surface area (Å²) in [5.41, 5.74) is 0.831. The molecule has 0 amide bonds. The maximum absolute atomic E-state index is 2.43. The van der Waals surface area contributed by atoms with Crippen LogP contribution in [0.3, 0.4) is 0 Å². The lowest BCUT2D eigenvalue weighted by atomic mass is 9.74. The van der Waals surface area contributed by atoms with E-state index in [4.69, 9.17) is 0 Å². The molecule has 0 aromatic rings. The molecule has 0 rings (SSSR count). The van der Waals surface area contributed by atoms with Gasteiger partial charge >= 0.3 is 0 Å². The van der Waals surface area contributed by atoms with Gasteiger partial charge in [0.15, 0.2) is 0 Å². The van der Waals surface area contributed by atoms with Crippen molar-refractivity contribution in [2.24, 2.45) is 10.8 Å². The number of hydrogen-bond acceptors (Lipinski definition) is 1. The molecule has 124 valence electrons. The maximum atomic E-state index is 2.43. The predicted octanol–water partition coefficient (Wildman–Crippen LogP) is 6.07. The van der Waals surface area contributed by atoms with Crippen molar-refractivity contribution in [3.63, 3.8) is 0 Å². The molecule has 0 aliphatic rings. The highest BCUT2D eigenvalue weighted by molar-refractivity contribution is 4.92. The molecule has 1 nitrogen and oxygen atoms in total. The molecule has 0 aliphatic carbocycles. The molecule has 21 heavy (non-hydrogen) atoms. The van der Waals surface area contributed by atoms with E-state index >= 15 is 0 Å². The van der Waals surface area contributed by atoms with Gasteiger partial charge in [0.25, 0.3) is 0 Å². The monoisotopic (exact) mass is 293 g/mol. The van der Waals surface area contributed by atoms with Crippen LogP contribution >= 0.6 is 0 Å². The quantitative estimate of drug-likeness (QED) is 0.349. The number of rotatable bonds is 10. The number of unbranched alkanes of at least 4 members (excludes halogenated alkanes) is 1. The molecule has 0 heterocycles. The zero-order valence-corrected chi connectivity index (χ0v) is 15.7. The van der Waals surface area contributed by atoms with Gasteiger partial charge in [0.1, 0.15) is 0 Å². The van der Waals surface area contributed by atoms with E-state index in [-0.39, 0.29) is 0 Å². The van der Waals surface area contributed by atoms with Crippen molar-refractivity contribution in [3.8, 4) is 0 Å². The van der Waals surface area contributed by atoms with Gasteiger partial charge in [0.05, 0.1) is 0 Å². The summed E-state index contributed by atoms with van der Waals surface area (Å²) < 4.78 is 0. The van der Waals surface area contributed by atoms with Crippen LogP contribution in [0.25, 0.3) is 0 Å². The Morgan fingerprint density at radius 3 is 1.76 bits per heavy atom. The molecule has 0 N–H and O–H groups in total. The van der Waals surface area contributed by atoms with Crippen molar-refractivity contribution in [1.29, 1.82) is 0 Å². The molecule has 0 spiro atoms. The van der Waals surface area contributed by atoms with Crippen LogP contribution in [0.5, 0.6) is 0 Å². The normalized spacial score (nSPS) is 13.9. The third kappa shape index (κ3) is 12.9. The van der Waals surface area contributed by atoms with E-state index in [1.165, 1.54) is 19.3 Å². The van der Waals surface area contributed by atoms with Crippen molar-refractivity contribution in [3.05, 3.63) is 24.3 Å². The zero-order chi connectivity index (χ0) is 16.4. The van der Waals surface area contributed by atoms with E-state index < -0.39 is 0 Å². The first-order valence-electron chi connectivity index (χ1n) is 8.72. The molecule has 0 saturated heterocycles. The van der Waals surface area contributed by atoms with Crippen LogP contribution in [0.2, 0.25) is 0 Å². The summed E-state index contributed by atoms with van der Waals surface area (Å²) in [6.45, 7) is 19.6. The average Bonchev–Trinajstić information content (AvgIpc) is 2.34.